The fraction of sp³-hybridized carbons (Fsp3) is 0.400. The number of benzene rings is 1. The summed E-state index contributed by atoms with van der Waals surface area (Å²) in [4.78, 5) is 35.5. The van der Waals surface area contributed by atoms with Gasteiger partial charge in [0.2, 0.25) is 11.8 Å². The molecule has 0 spiro atoms. The summed E-state index contributed by atoms with van der Waals surface area (Å²) in [5, 5.41) is 14.6. The molecule has 1 aliphatic carbocycles. The van der Waals surface area contributed by atoms with E-state index in [0.717, 1.165) is 4.90 Å². The lowest BCUT2D eigenvalue weighted by Crippen LogP contribution is -2.22. The van der Waals surface area contributed by atoms with Crippen molar-refractivity contribution < 1.29 is 19.5 Å². The van der Waals surface area contributed by atoms with Crippen LogP contribution in [0.5, 0.6) is 0 Å². The second kappa shape index (κ2) is 6.00. The van der Waals surface area contributed by atoms with Gasteiger partial charge in [0.15, 0.2) is 0 Å². The number of fused-ring (bicyclic) bond motifs is 1. The van der Waals surface area contributed by atoms with Crippen LogP contribution in [0, 0.1) is 11.8 Å². The SMILES string of the molecule is O=C1CSc2ccc(NC(=O)[C@H]3CC[C@@H](C(=O)O)C3)cc2N1. The highest BCUT2D eigenvalue weighted by molar-refractivity contribution is 8.00. The monoisotopic (exact) mass is 320 g/mol. The maximum absolute atomic E-state index is 12.2. The van der Waals surface area contributed by atoms with Crippen LogP contribution >= 0.6 is 11.8 Å². The van der Waals surface area contributed by atoms with Gasteiger partial charge in [-0.2, -0.15) is 0 Å². The summed E-state index contributed by atoms with van der Waals surface area (Å²) in [6.45, 7) is 0. The molecule has 0 saturated heterocycles. The first kappa shape index (κ1) is 14.9. The minimum absolute atomic E-state index is 0.0546. The molecule has 0 aromatic heterocycles. The zero-order valence-corrected chi connectivity index (χ0v) is 12.6. The number of carbonyl (C=O) groups is 3. The Morgan fingerprint density at radius 1 is 1.27 bits per heavy atom. The number of hydrogen-bond acceptors (Lipinski definition) is 4. The molecule has 116 valence electrons. The molecule has 1 aromatic carbocycles. The minimum atomic E-state index is -0.830. The number of rotatable bonds is 3. The van der Waals surface area contributed by atoms with Gasteiger partial charge >= 0.3 is 5.97 Å². The standard InChI is InChI=1S/C15H16N2O4S/c18-13-7-22-12-4-3-10(6-11(12)17-13)16-14(19)8-1-2-9(5-8)15(20)21/h3-4,6,8-9H,1-2,5,7H2,(H,16,19)(H,17,18)(H,20,21)/t8-,9+/m0/s1. The van der Waals surface area contributed by atoms with Gasteiger partial charge in [-0.3, -0.25) is 14.4 Å². The number of carboxylic acids is 1. The quantitative estimate of drug-likeness (QED) is 0.793. The summed E-state index contributed by atoms with van der Waals surface area (Å²) < 4.78 is 0. The average molecular weight is 320 g/mol. The summed E-state index contributed by atoms with van der Waals surface area (Å²) in [5.41, 5.74) is 1.32. The first-order valence-electron chi connectivity index (χ1n) is 7.13. The number of hydrogen-bond donors (Lipinski definition) is 3. The predicted octanol–water partition coefficient (Wildman–Crippen LogP) is 2.17. The van der Waals surface area contributed by atoms with Gasteiger partial charge in [0, 0.05) is 16.5 Å². The molecule has 3 N–H and O–H groups in total. The molecule has 1 fully saturated rings. The van der Waals surface area contributed by atoms with Crippen LogP contribution in [-0.4, -0.2) is 28.6 Å². The number of aliphatic carboxylic acids is 1. The van der Waals surface area contributed by atoms with Gasteiger partial charge in [-0.25, -0.2) is 0 Å². The molecule has 22 heavy (non-hydrogen) atoms. The zero-order chi connectivity index (χ0) is 15.7. The molecular weight excluding hydrogens is 304 g/mol. The highest BCUT2D eigenvalue weighted by Crippen LogP contribution is 2.35. The third-order valence-electron chi connectivity index (χ3n) is 4.03. The Bertz CT molecular complexity index is 646. The fourth-order valence-electron chi connectivity index (χ4n) is 2.85. The van der Waals surface area contributed by atoms with E-state index in [-0.39, 0.29) is 17.7 Å². The molecule has 1 aromatic rings. The second-order valence-electron chi connectivity index (χ2n) is 5.58. The number of amides is 2. The molecule has 1 heterocycles. The van der Waals surface area contributed by atoms with E-state index in [0.29, 0.717) is 36.4 Å². The number of nitrogens with one attached hydrogen (secondary N) is 2. The van der Waals surface area contributed by atoms with Crippen LogP contribution in [-0.2, 0) is 14.4 Å². The minimum Gasteiger partial charge on any atom is -0.481 e. The number of thioether (sulfide) groups is 1. The van der Waals surface area contributed by atoms with Gasteiger partial charge in [0.05, 0.1) is 17.4 Å². The molecule has 1 saturated carbocycles. The van der Waals surface area contributed by atoms with Crippen LogP contribution in [0.15, 0.2) is 23.1 Å². The van der Waals surface area contributed by atoms with Crippen LogP contribution in [0.2, 0.25) is 0 Å². The summed E-state index contributed by atoms with van der Waals surface area (Å²) in [5.74, 6) is -1.32. The van der Waals surface area contributed by atoms with E-state index in [1.165, 1.54) is 11.8 Å². The molecule has 2 amide bonds. The molecule has 0 unspecified atom stereocenters. The maximum atomic E-state index is 12.2. The number of anilines is 2. The molecule has 2 aliphatic rings. The van der Waals surface area contributed by atoms with E-state index < -0.39 is 11.9 Å². The van der Waals surface area contributed by atoms with Gasteiger partial charge < -0.3 is 15.7 Å². The molecule has 6 nitrogen and oxygen atoms in total. The van der Waals surface area contributed by atoms with Gasteiger partial charge in [-0.1, -0.05) is 0 Å². The summed E-state index contributed by atoms with van der Waals surface area (Å²) in [6, 6.07) is 5.40. The van der Waals surface area contributed by atoms with Crippen molar-refractivity contribution in [1.29, 1.82) is 0 Å². The van der Waals surface area contributed by atoms with E-state index in [2.05, 4.69) is 10.6 Å². The first-order valence-corrected chi connectivity index (χ1v) is 8.12. The number of carbonyl (C=O) groups excluding carboxylic acids is 2. The highest BCUT2D eigenvalue weighted by Gasteiger charge is 2.33. The number of carboxylic acid groups (broad SMARTS) is 1. The smallest absolute Gasteiger partial charge is 0.306 e. The summed E-state index contributed by atoms with van der Waals surface area (Å²) in [7, 11) is 0. The lowest BCUT2D eigenvalue weighted by molar-refractivity contribution is -0.141. The molecule has 2 atom stereocenters. The van der Waals surface area contributed by atoms with Crippen molar-refractivity contribution in [3.63, 3.8) is 0 Å². The first-order chi connectivity index (χ1) is 10.5. The van der Waals surface area contributed by atoms with E-state index in [9.17, 15) is 14.4 Å². The highest BCUT2D eigenvalue weighted by atomic mass is 32.2. The summed E-state index contributed by atoms with van der Waals surface area (Å²) >= 11 is 1.46. The van der Waals surface area contributed by atoms with Crippen molar-refractivity contribution in [2.45, 2.75) is 24.2 Å². The Labute approximate surface area is 131 Å². The van der Waals surface area contributed by atoms with Gasteiger partial charge in [0.25, 0.3) is 0 Å². The Morgan fingerprint density at radius 3 is 2.77 bits per heavy atom. The Balaban J connectivity index is 1.66. The van der Waals surface area contributed by atoms with Crippen molar-refractivity contribution in [1.82, 2.24) is 0 Å². The Morgan fingerprint density at radius 2 is 2.05 bits per heavy atom. The van der Waals surface area contributed by atoms with Crippen LogP contribution in [0.25, 0.3) is 0 Å². The largest absolute Gasteiger partial charge is 0.481 e. The second-order valence-corrected chi connectivity index (χ2v) is 6.60. The van der Waals surface area contributed by atoms with E-state index >= 15 is 0 Å². The Kier molecular flexibility index (Phi) is 4.06. The van der Waals surface area contributed by atoms with Gasteiger partial charge in [0.1, 0.15) is 0 Å². The van der Waals surface area contributed by atoms with Gasteiger partial charge in [-0.15, -0.1) is 11.8 Å². The third kappa shape index (κ3) is 3.09. The molecule has 0 bridgehead atoms. The average Bonchev–Trinajstić information content (AvgIpc) is 2.97. The normalized spacial score (nSPS) is 23.5. The zero-order valence-electron chi connectivity index (χ0n) is 11.8. The van der Waals surface area contributed by atoms with Crippen LogP contribution in [0.4, 0.5) is 11.4 Å². The lowest BCUT2D eigenvalue weighted by Gasteiger charge is -2.18. The third-order valence-corrected chi connectivity index (χ3v) is 5.11. The van der Waals surface area contributed by atoms with Crippen molar-refractivity contribution in [3.05, 3.63) is 18.2 Å². The fourth-order valence-corrected chi connectivity index (χ4v) is 3.64. The van der Waals surface area contributed by atoms with Crippen LogP contribution < -0.4 is 10.6 Å². The maximum Gasteiger partial charge on any atom is 0.306 e. The van der Waals surface area contributed by atoms with Crippen molar-refractivity contribution in [2.75, 3.05) is 16.4 Å². The van der Waals surface area contributed by atoms with E-state index in [1.807, 2.05) is 6.07 Å². The van der Waals surface area contributed by atoms with E-state index in [1.54, 1.807) is 12.1 Å². The van der Waals surface area contributed by atoms with Crippen molar-refractivity contribution in [3.8, 4) is 0 Å². The Hall–Kier alpha value is -2.02. The molecule has 7 heteroatoms. The molecule has 3 rings (SSSR count). The van der Waals surface area contributed by atoms with Crippen LogP contribution in [0.3, 0.4) is 0 Å². The summed E-state index contributed by atoms with van der Waals surface area (Å²) in [6.07, 6.45) is 1.53. The van der Waals surface area contributed by atoms with E-state index in [4.69, 9.17) is 5.11 Å². The molecular formula is C15H16N2O4S. The molecule has 0 radical (unpaired) electrons. The molecule has 1 aliphatic heterocycles. The van der Waals surface area contributed by atoms with Crippen LogP contribution in [0.1, 0.15) is 19.3 Å². The van der Waals surface area contributed by atoms with Crippen molar-refractivity contribution in [2.24, 2.45) is 11.8 Å². The van der Waals surface area contributed by atoms with Gasteiger partial charge in [-0.05, 0) is 37.5 Å². The lowest BCUT2D eigenvalue weighted by atomic mass is 10.0. The topological polar surface area (TPSA) is 95.5 Å². The predicted molar refractivity (Wildman–Crippen MR) is 82.9 cm³/mol. The van der Waals surface area contributed by atoms with Crippen molar-refractivity contribution >= 4 is 40.9 Å².